The maximum atomic E-state index is 8.89. The smallest absolute Gasteiger partial charge is 0.108 e. The molecule has 0 rings (SSSR count). The second kappa shape index (κ2) is 6.95. The fourth-order valence-electron chi connectivity index (χ4n) is 0.341. The van der Waals surface area contributed by atoms with Crippen LogP contribution in [0, 0.1) is 0 Å². The van der Waals surface area contributed by atoms with E-state index in [1.165, 1.54) is 0 Å². The number of aliphatic hydroxyl groups is 2. The summed E-state index contributed by atoms with van der Waals surface area (Å²) in [6.45, 7) is 2.09. The van der Waals surface area contributed by atoms with Crippen LogP contribution in [0.3, 0.4) is 0 Å². The van der Waals surface area contributed by atoms with Gasteiger partial charge in [0.2, 0.25) is 0 Å². The molecule has 0 aromatic heterocycles. The van der Waals surface area contributed by atoms with Crippen LogP contribution in [0.15, 0.2) is 0 Å². The molecule has 0 aliphatic carbocycles. The van der Waals surface area contributed by atoms with Crippen molar-refractivity contribution in [3.8, 4) is 0 Å². The van der Waals surface area contributed by atoms with Crippen molar-refractivity contribution in [3.05, 3.63) is 0 Å². The molecule has 1 atom stereocenters. The van der Waals surface area contributed by atoms with E-state index in [4.69, 9.17) is 10.2 Å². The van der Waals surface area contributed by atoms with E-state index in [0.717, 1.165) is 0 Å². The van der Waals surface area contributed by atoms with Gasteiger partial charge in [-0.2, -0.15) is 0 Å². The third kappa shape index (κ3) is 5.97. The minimum atomic E-state index is -0.473. The number of hydrogen-bond acceptors (Lipinski definition) is 4. The third-order valence-corrected chi connectivity index (χ3v) is 0.990. The Balaban J connectivity index is 2.89. The van der Waals surface area contributed by atoms with Gasteiger partial charge < -0.3 is 10.2 Å². The molecule has 4 heteroatoms. The Kier molecular flexibility index (Phi) is 6.84. The minimum Gasteiger partial charge on any atom is -0.394 e. The molecule has 0 fully saturated rings. The molecule has 0 aliphatic rings. The second-order valence-corrected chi connectivity index (χ2v) is 1.89. The van der Waals surface area contributed by atoms with E-state index in [1.54, 1.807) is 0 Å². The van der Waals surface area contributed by atoms with Crippen molar-refractivity contribution in [2.24, 2.45) is 0 Å². The Morgan fingerprint density at radius 1 is 1.40 bits per heavy atom. The van der Waals surface area contributed by atoms with E-state index in [2.05, 4.69) is 9.78 Å². The standard InChI is InChI=1S/C6H14O4/c1-2-6(8)5-10-9-4-3-7/h6-8H,2-5H2,1H3. The van der Waals surface area contributed by atoms with Gasteiger partial charge in [-0.05, 0) is 6.42 Å². The average Bonchev–Trinajstić information content (AvgIpc) is 1.98. The highest BCUT2D eigenvalue weighted by molar-refractivity contribution is 4.45. The maximum absolute atomic E-state index is 8.89. The molecule has 0 aromatic rings. The van der Waals surface area contributed by atoms with E-state index >= 15 is 0 Å². The van der Waals surface area contributed by atoms with Crippen LogP contribution >= 0.6 is 0 Å². The molecular weight excluding hydrogens is 136 g/mol. The van der Waals surface area contributed by atoms with Gasteiger partial charge in [-0.1, -0.05) is 6.92 Å². The molecule has 0 bridgehead atoms. The predicted octanol–water partition coefficient (Wildman–Crippen LogP) is -0.302. The van der Waals surface area contributed by atoms with Crippen molar-refractivity contribution in [1.82, 2.24) is 0 Å². The molecule has 4 nitrogen and oxygen atoms in total. The Morgan fingerprint density at radius 2 is 2.10 bits per heavy atom. The maximum Gasteiger partial charge on any atom is 0.108 e. The van der Waals surface area contributed by atoms with Crippen LogP contribution < -0.4 is 0 Å². The zero-order valence-electron chi connectivity index (χ0n) is 6.12. The van der Waals surface area contributed by atoms with Crippen molar-refractivity contribution in [1.29, 1.82) is 0 Å². The zero-order valence-corrected chi connectivity index (χ0v) is 6.12. The highest BCUT2D eigenvalue weighted by atomic mass is 17.2. The topological polar surface area (TPSA) is 58.9 Å². The van der Waals surface area contributed by atoms with E-state index < -0.39 is 6.10 Å². The number of rotatable bonds is 6. The van der Waals surface area contributed by atoms with Gasteiger partial charge in [0.05, 0.1) is 12.7 Å². The summed E-state index contributed by atoms with van der Waals surface area (Å²) in [7, 11) is 0. The molecule has 0 radical (unpaired) electrons. The van der Waals surface area contributed by atoms with Gasteiger partial charge in [-0.15, -0.1) is 0 Å². The molecule has 0 saturated carbocycles. The summed E-state index contributed by atoms with van der Waals surface area (Å²) in [4.78, 5) is 8.96. The van der Waals surface area contributed by atoms with Crippen molar-refractivity contribution in [2.75, 3.05) is 19.8 Å². The quantitative estimate of drug-likeness (QED) is 0.310. The van der Waals surface area contributed by atoms with Crippen LogP contribution in [0.2, 0.25) is 0 Å². The van der Waals surface area contributed by atoms with Crippen molar-refractivity contribution >= 4 is 0 Å². The Bertz CT molecular complexity index is 66.8. The summed E-state index contributed by atoms with van der Waals surface area (Å²) in [5, 5.41) is 17.1. The van der Waals surface area contributed by atoms with Crippen LogP contribution in [0.5, 0.6) is 0 Å². The van der Waals surface area contributed by atoms with Crippen molar-refractivity contribution < 1.29 is 20.0 Å². The second-order valence-electron chi connectivity index (χ2n) is 1.89. The molecule has 2 N–H and O–H groups in total. The molecule has 0 amide bonds. The largest absolute Gasteiger partial charge is 0.394 e. The van der Waals surface area contributed by atoms with Crippen molar-refractivity contribution in [2.45, 2.75) is 19.4 Å². The normalized spacial score (nSPS) is 13.5. The Hall–Kier alpha value is -0.160. The van der Waals surface area contributed by atoms with E-state index in [9.17, 15) is 0 Å². The Morgan fingerprint density at radius 3 is 2.60 bits per heavy atom. The number of aliphatic hydroxyl groups excluding tert-OH is 2. The first-order valence-corrected chi connectivity index (χ1v) is 3.34. The number of hydrogen-bond donors (Lipinski definition) is 2. The fourth-order valence-corrected chi connectivity index (χ4v) is 0.341. The first kappa shape index (κ1) is 9.84. The molecule has 0 aromatic carbocycles. The summed E-state index contributed by atoms with van der Waals surface area (Å²) < 4.78 is 0. The summed E-state index contributed by atoms with van der Waals surface area (Å²) in [5.74, 6) is 0. The molecule has 1 unspecified atom stereocenters. The lowest BCUT2D eigenvalue weighted by Crippen LogP contribution is -2.14. The zero-order chi connectivity index (χ0) is 7.82. The first-order valence-electron chi connectivity index (χ1n) is 3.34. The first-order chi connectivity index (χ1) is 4.81. The van der Waals surface area contributed by atoms with E-state index in [1.807, 2.05) is 6.92 Å². The minimum absolute atomic E-state index is 0.0672. The van der Waals surface area contributed by atoms with Gasteiger partial charge >= 0.3 is 0 Å². The fraction of sp³-hybridized carbons (Fsp3) is 1.00. The monoisotopic (exact) mass is 150 g/mol. The van der Waals surface area contributed by atoms with Gasteiger partial charge in [0.1, 0.15) is 13.2 Å². The Labute approximate surface area is 60.3 Å². The van der Waals surface area contributed by atoms with Gasteiger partial charge in [0, 0.05) is 0 Å². The van der Waals surface area contributed by atoms with Gasteiger partial charge in [0.25, 0.3) is 0 Å². The van der Waals surface area contributed by atoms with Crippen LogP contribution in [-0.4, -0.2) is 36.1 Å². The van der Waals surface area contributed by atoms with Crippen LogP contribution in [0.1, 0.15) is 13.3 Å². The highest BCUT2D eigenvalue weighted by Crippen LogP contribution is 1.90. The molecule has 10 heavy (non-hydrogen) atoms. The molecule has 0 aliphatic heterocycles. The van der Waals surface area contributed by atoms with E-state index in [0.29, 0.717) is 6.42 Å². The average molecular weight is 150 g/mol. The lowest BCUT2D eigenvalue weighted by atomic mass is 10.3. The summed E-state index contributed by atoms with van der Waals surface area (Å²) in [5.41, 5.74) is 0. The predicted molar refractivity (Wildman–Crippen MR) is 35.3 cm³/mol. The van der Waals surface area contributed by atoms with Gasteiger partial charge in [0.15, 0.2) is 0 Å². The molecule has 0 heterocycles. The molecule has 0 saturated heterocycles. The lowest BCUT2D eigenvalue weighted by Gasteiger charge is -2.06. The van der Waals surface area contributed by atoms with Crippen LogP contribution in [0.4, 0.5) is 0 Å². The van der Waals surface area contributed by atoms with Gasteiger partial charge in [-0.3, -0.25) is 0 Å². The third-order valence-electron chi connectivity index (χ3n) is 0.990. The summed E-state index contributed by atoms with van der Waals surface area (Å²) in [6, 6.07) is 0. The van der Waals surface area contributed by atoms with Crippen molar-refractivity contribution in [3.63, 3.8) is 0 Å². The van der Waals surface area contributed by atoms with Crippen LogP contribution in [-0.2, 0) is 9.78 Å². The molecular formula is C6H14O4. The SMILES string of the molecule is CCC(O)COOCCO. The molecule has 62 valence electrons. The molecule has 0 spiro atoms. The van der Waals surface area contributed by atoms with Gasteiger partial charge in [-0.25, -0.2) is 9.78 Å². The van der Waals surface area contributed by atoms with E-state index in [-0.39, 0.29) is 19.8 Å². The highest BCUT2D eigenvalue weighted by Gasteiger charge is 1.99. The summed E-state index contributed by atoms with van der Waals surface area (Å²) in [6.07, 6.45) is 0.168. The van der Waals surface area contributed by atoms with Crippen LogP contribution in [0.25, 0.3) is 0 Å². The summed E-state index contributed by atoms with van der Waals surface area (Å²) >= 11 is 0. The lowest BCUT2D eigenvalue weighted by molar-refractivity contribution is -0.307.